The topological polar surface area (TPSA) is 65.0 Å². The molecule has 0 aliphatic carbocycles. The molecular weight excluding hydrogens is 320 g/mol. The Balaban J connectivity index is 2.01. The Hall–Kier alpha value is -2.66. The fourth-order valence-electron chi connectivity index (χ4n) is 2.60. The Morgan fingerprint density at radius 3 is 2.38 bits per heavy atom. The van der Waals surface area contributed by atoms with Crippen molar-refractivity contribution in [3.8, 4) is 11.3 Å². The molecule has 3 rings (SSSR count). The molecule has 0 radical (unpaired) electrons. The molecule has 24 heavy (non-hydrogen) atoms. The molecule has 0 saturated heterocycles. The SMILES string of the molecule is Cc1cccc(C)c1Nc1nc(-c2ccccc2)c(CC(=O)[O-])s1. The Labute approximate surface area is 144 Å². The second-order valence-electron chi connectivity index (χ2n) is 5.60. The molecule has 0 unspecified atom stereocenters. The molecule has 2 aromatic carbocycles. The average Bonchev–Trinajstić information content (AvgIpc) is 2.94. The molecule has 0 aliphatic heterocycles. The maximum Gasteiger partial charge on any atom is 0.188 e. The molecule has 4 nitrogen and oxygen atoms in total. The molecule has 1 aromatic heterocycles. The van der Waals surface area contributed by atoms with Gasteiger partial charge in [0.05, 0.1) is 5.69 Å². The number of anilines is 2. The number of aryl methyl sites for hydroxylation is 2. The van der Waals surface area contributed by atoms with Crippen LogP contribution >= 0.6 is 11.3 Å². The van der Waals surface area contributed by atoms with Crippen molar-refractivity contribution in [3.05, 3.63) is 64.5 Å². The third-order valence-corrected chi connectivity index (χ3v) is 4.73. The smallest absolute Gasteiger partial charge is 0.188 e. The van der Waals surface area contributed by atoms with E-state index in [2.05, 4.69) is 10.3 Å². The number of hydrogen-bond donors (Lipinski definition) is 1. The van der Waals surface area contributed by atoms with Gasteiger partial charge >= 0.3 is 0 Å². The highest BCUT2D eigenvalue weighted by Gasteiger charge is 2.14. The summed E-state index contributed by atoms with van der Waals surface area (Å²) in [7, 11) is 0. The van der Waals surface area contributed by atoms with Gasteiger partial charge < -0.3 is 15.2 Å². The number of carboxylic acids is 1. The normalized spacial score (nSPS) is 10.6. The van der Waals surface area contributed by atoms with Crippen molar-refractivity contribution >= 4 is 28.1 Å². The lowest BCUT2D eigenvalue weighted by molar-refractivity contribution is -0.304. The molecule has 0 amide bonds. The molecule has 0 saturated carbocycles. The molecule has 0 atom stereocenters. The summed E-state index contributed by atoms with van der Waals surface area (Å²) in [5.74, 6) is -1.10. The molecule has 5 heteroatoms. The summed E-state index contributed by atoms with van der Waals surface area (Å²) < 4.78 is 0. The van der Waals surface area contributed by atoms with E-state index in [1.54, 1.807) is 0 Å². The van der Waals surface area contributed by atoms with Crippen LogP contribution in [0, 0.1) is 13.8 Å². The molecule has 0 fully saturated rings. The van der Waals surface area contributed by atoms with Gasteiger partial charge in [0.1, 0.15) is 0 Å². The van der Waals surface area contributed by atoms with Gasteiger partial charge in [-0.15, -0.1) is 11.3 Å². The molecule has 0 bridgehead atoms. The Morgan fingerprint density at radius 1 is 1.08 bits per heavy atom. The van der Waals surface area contributed by atoms with Gasteiger partial charge in [-0.05, 0) is 25.0 Å². The molecule has 0 spiro atoms. The fourth-order valence-corrected chi connectivity index (χ4v) is 3.57. The first-order chi connectivity index (χ1) is 11.5. The Morgan fingerprint density at radius 2 is 1.75 bits per heavy atom. The van der Waals surface area contributed by atoms with E-state index < -0.39 is 5.97 Å². The second-order valence-corrected chi connectivity index (χ2v) is 6.68. The predicted octanol–water partition coefficient (Wildman–Crippen LogP) is 3.46. The maximum atomic E-state index is 11.1. The Kier molecular flexibility index (Phi) is 4.62. The monoisotopic (exact) mass is 337 g/mol. The van der Waals surface area contributed by atoms with Crippen LogP contribution in [0.25, 0.3) is 11.3 Å². The van der Waals surface area contributed by atoms with E-state index in [1.165, 1.54) is 11.3 Å². The van der Waals surface area contributed by atoms with Crippen LogP contribution in [0.3, 0.4) is 0 Å². The van der Waals surface area contributed by atoms with Crippen LogP contribution in [-0.2, 0) is 11.2 Å². The number of aromatic nitrogens is 1. The number of carbonyl (C=O) groups excluding carboxylic acids is 1. The standard InChI is InChI=1S/C19H18N2O2S/c1-12-7-6-8-13(2)17(12)20-19-21-18(14-9-4-3-5-10-14)15(24-19)11-16(22)23/h3-10H,11H2,1-2H3,(H,20,21)(H,22,23)/p-1. The van der Waals surface area contributed by atoms with E-state index in [9.17, 15) is 9.90 Å². The van der Waals surface area contributed by atoms with E-state index in [4.69, 9.17) is 0 Å². The van der Waals surface area contributed by atoms with Crippen LogP contribution in [0.4, 0.5) is 10.8 Å². The lowest BCUT2D eigenvalue weighted by Crippen LogP contribution is -2.24. The number of carbonyl (C=O) groups is 1. The van der Waals surface area contributed by atoms with Crippen molar-refractivity contribution in [2.45, 2.75) is 20.3 Å². The molecule has 122 valence electrons. The van der Waals surface area contributed by atoms with Gasteiger partial charge in [-0.1, -0.05) is 48.5 Å². The third kappa shape index (κ3) is 3.46. The number of carboxylic acid groups (broad SMARTS) is 1. The van der Waals surface area contributed by atoms with Gasteiger partial charge in [-0.25, -0.2) is 4.98 Å². The van der Waals surface area contributed by atoms with Crippen LogP contribution in [-0.4, -0.2) is 11.0 Å². The van der Waals surface area contributed by atoms with E-state index >= 15 is 0 Å². The van der Waals surface area contributed by atoms with Crippen LogP contribution < -0.4 is 10.4 Å². The van der Waals surface area contributed by atoms with E-state index in [0.717, 1.165) is 22.4 Å². The highest BCUT2D eigenvalue weighted by Crippen LogP contribution is 2.34. The minimum Gasteiger partial charge on any atom is -0.550 e. The van der Waals surface area contributed by atoms with Crippen LogP contribution in [0.5, 0.6) is 0 Å². The number of nitrogens with zero attached hydrogens (tertiary/aromatic N) is 1. The molecule has 1 heterocycles. The zero-order chi connectivity index (χ0) is 17.1. The van der Waals surface area contributed by atoms with Gasteiger partial charge in [0, 0.05) is 28.5 Å². The summed E-state index contributed by atoms with van der Waals surface area (Å²) in [6, 6.07) is 15.7. The van der Waals surface area contributed by atoms with Gasteiger partial charge in [-0.3, -0.25) is 0 Å². The molecule has 3 aromatic rings. The number of benzene rings is 2. The van der Waals surface area contributed by atoms with Crippen molar-refractivity contribution in [1.82, 2.24) is 4.98 Å². The number of rotatable bonds is 5. The van der Waals surface area contributed by atoms with E-state index in [-0.39, 0.29) is 6.42 Å². The van der Waals surface area contributed by atoms with Crippen molar-refractivity contribution in [2.24, 2.45) is 0 Å². The lowest BCUT2D eigenvalue weighted by Gasteiger charge is -2.09. The number of nitrogens with one attached hydrogen (secondary N) is 1. The van der Waals surface area contributed by atoms with Gasteiger partial charge in [0.15, 0.2) is 5.13 Å². The van der Waals surface area contributed by atoms with Gasteiger partial charge in [0.25, 0.3) is 0 Å². The zero-order valence-corrected chi connectivity index (χ0v) is 14.3. The average molecular weight is 337 g/mol. The largest absolute Gasteiger partial charge is 0.550 e. The van der Waals surface area contributed by atoms with Crippen molar-refractivity contribution < 1.29 is 9.90 Å². The first-order valence-electron chi connectivity index (χ1n) is 7.63. The number of para-hydroxylation sites is 1. The van der Waals surface area contributed by atoms with Crippen LogP contribution in [0.15, 0.2) is 48.5 Å². The molecule has 1 N–H and O–H groups in total. The van der Waals surface area contributed by atoms with Crippen LogP contribution in [0.1, 0.15) is 16.0 Å². The van der Waals surface area contributed by atoms with Gasteiger partial charge in [-0.2, -0.15) is 0 Å². The third-order valence-electron chi connectivity index (χ3n) is 3.76. The summed E-state index contributed by atoms with van der Waals surface area (Å²) in [5.41, 5.74) is 4.84. The van der Waals surface area contributed by atoms with Crippen molar-refractivity contribution in [1.29, 1.82) is 0 Å². The lowest BCUT2D eigenvalue weighted by atomic mass is 10.1. The highest BCUT2D eigenvalue weighted by molar-refractivity contribution is 7.16. The van der Waals surface area contributed by atoms with E-state index in [0.29, 0.717) is 15.7 Å². The first-order valence-corrected chi connectivity index (χ1v) is 8.44. The van der Waals surface area contributed by atoms with Crippen molar-refractivity contribution in [2.75, 3.05) is 5.32 Å². The summed E-state index contributed by atoms with van der Waals surface area (Å²) in [6.45, 7) is 4.06. The maximum absolute atomic E-state index is 11.1. The number of aliphatic carboxylic acids is 1. The molecular formula is C19H17N2O2S-. The number of hydrogen-bond acceptors (Lipinski definition) is 5. The fraction of sp³-hybridized carbons (Fsp3) is 0.158. The van der Waals surface area contributed by atoms with Crippen molar-refractivity contribution in [3.63, 3.8) is 0 Å². The summed E-state index contributed by atoms with van der Waals surface area (Å²) in [5, 5.41) is 15.1. The minimum absolute atomic E-state index is 0.143. The Bertz CT molecular complexity index is 852. The van der Waals surface area contributed by atoms with E-state index in [1.807, 2.05) is 62.4 Å². The van der Waals surface area contributed by atoms with Gasteiger partial charge in [0.2, 0.25) is 0 Å². The first kappa shape index (κ1) is 16.2. The summed E-state index contributed by atoms with van der Waals surface area (Å²) >= 11 is 1.35. The second kappa shape index (κ2) is 6.84. The summed E-state index contributed by atoms with van der Waals surface area (Å²) in [4.78, 5) is 16.4. The predicted molar refractivity (Wildman–Crippen MR) is 95.5 cm³/mol. The zero-order valence-electron chi connectivity index (χ0n) is 13.5. The minimum atomic E-state index is -1.10. The molecule has 0 aliphatic rings. The quantitative estimate of drug-likeness (QED) is 0.774. The number of thiazole rings is 1. The van der Waals surface area contributed by atoms with Crippen LogP contribution in [0.2, 0.25) is 0 Å². The highest BCUT2D eigenvalue weighted by atomic mass is 32.1. The summed E-state index contributed by atoms with van der Waals surface area (Å²) in [6.07, 6.45) is -0.143.